The minimum atomic E-state index is -3.22. The standard InChI is InChI=1S/C10H13ClN4O2S2/c1-15(2)19(16,17)6-4-12-8-7-3-5-18-9(7)14-10(11)13-8/h3,5H,4,6H2,1-2H3,(H,12,13,14). The number of hydrogen-bond acceptors (Lipinski definition) is 6. The first kappa shape index (κ1) is 14.4. The molecule has 0 fully saturated rings. The molecule has 104 valence electrons. The van der Waals surface area contributed by atoms with Gasteiger partial charge >= 0.3 is 0 Å². The molecule has 0 aliphatic rings. The number of fused-ring (bicyclic) bond motifs is 1. The zero-order chi connectivity index (χ0) is 14.0. The highest BCUT2D eigenvalue weighted by Crippen LogP contribution is 2.26. The van der Waals surface area contributed by atoms with Crippen LogP contribution < -0.4 is 5.32 Å². The van der Waals surface area contributed by atoms with E-state index >= 15 is 0 Å². The van der Waals surface area contributed by atoms with Gasteiger partial charge in [0.05, 0.1) is 11.1 Å². The molecule has 0 aliphatic carbocycles. The number of hydrogen-bond donors (Lipinski definition) is 1. The van der Waals surface area contributed by atoms with E-state index in [0.717, 1.165) is 10.2 Å². The lowest BCUT2D eigenvalue weighted by Gasteiger charge is -2.12. The average molecular weight is 321 g/mol. The predicted molar refractivity (Wildman–Crippen MR) is 78.4 cm³/mol. The molecule has 1 N–H and O–H groups in total. The second kappa shape index (κ2) is 5.58. The Morgan fingerprint density at radius 3 is 2.84 bits per heavy atom. The fourth-order valence-electron chi connectivity index (χ4n) is 1.45. The van der Waals surface area contributed by atoms with Crippen molar-refractivity contribution in [2.45, 2.75) is 0 Å². The number of nitrogens with zero attached hydrogens (tertiary/aromatic N) is 3. The van der Waals surface area contributed by atoms with Crippen LogP contribution in [0.25, 0.3) is 10.2 Å². The van der Waals surface area contributed by atoms with Crippen molar-refractivity contribution in [3.8, 4) is 0 Å². The number of anilines is 1. The van der Waals surface area contributed by atoms with E-state index in [4.69, 9.17) is 11.6 Å². The lowest BCUT2D eigenvalue weighted by atomic mass is 10.4. The Hall–Kier alpha value is -0.960. The zero-order valence-corrected chi connectivity index (χ0v) is 12.8. The van der Waals surface area contributed by atoms with Crippen LogP contribution >= 0.6 is 22.9 Å². The van der Waals surface area contributed by atoms with Crippen molar-refractivity contribution in [2.24, 2.45) is 0 Å². The molecule has 0 aliphatic heterocycles. The van der Waals surface area contributed by atoms with E-state index in [9.17, 15) is 8.42 Å². The Balaban J connectivity index is 2.12. The van der Waals surface area contributed by atoms with Gasteiger partial charge in [-0.05, 0) is 23.0 Å². The molecule has 0 amide bonds. The summed E-state index contributed by atoms with van der Waals surface area (Å²) >= 11 is 7.28. The van der Waals surface area contributed by atoms with Crippen LogP contribution in [0.3, 0.4) is 0 Å². The maximum absolute atomic E-state index is 11.6. The van der Waals surface area contributed by atoms with Crippen LogP contribution in [0.5, 0.6) is 0 Å². The van der Waals surface area contributed by atoms with E-state index in [0.29, 0.717) is 5.82 Å². The van der Waals surface area contributed by atoms with E-state index in [1.165, 1.54) is 29.7 Å². The molecular formula is C10H13ClN4O2S2. The van der Waals surface area contributed by atoms with E-state index in [1.54, 1.807) is 0 Å². The van der Waals surface area contributed by atoms with Crippen molar-refractivity contribution >= 4 is 49.0 Å². The molecule has 0 radical (unpaired) electrons. The second-order valence-electron chi connectivity index (χ2n) is 4.01. The van der Waals surface area contributed by atoms with Gasteiger partial charge < -0.3 is 5.32 Å². The Bertz CT molecular complexity index is 684. The average Bonchev–Trinajstić information content (AvgIpc) is 2.76. The fourth-order valence-corrected chi connectivity index (χ4v) is 3.15. The number of halogens is 1. The molecule has 0 aromatic carbocycles. The van der Waals surface area contributed by atoms with Crippen LogP contribution in [-0.4, -0.2) is 49.1 Å². The normalized spacial score (nSPS) is 12.2. The SMILES string of the molecule is CN(C)S(=O)(=O)CCNc1nc(Cl)nc2sccc12. The summed E-state index contributed by atoms with van der Waals surface area (Å²) in [6.45, 7) is 0.263. The lowest BCUT2D eigenvalue weighted by molar-refractivity contribution is 0.521. The summed E-state index contributed by atoms with van der Waals surface area (Å²) in [4.78, 5) is 8.94. The number of nitrogens with one attached hydrogen (secondary N) is 1. The lowest BCUT2D eigenvalue weighted by Crippen LogP contribution is -2.28. The molecule has 2 aromatic rings. The van der Waals surface area contributed by atoms with Crippen LogP contribution in [0, 0.1) is 0 Å². The van der Waals surface area contributed by atoms with Crippen LogP contribution in [0.2, 0.25) is 5.28 Å². The number of rotatable bonds is 5. The zero-order valence-electron chi connectivity index (χ0n) is 10.4. The van der Waals surface area contributed by atoms with Crippen molar-refractivity contribution in [3.05, 3.63) is 16.7 Å². The van der Waals surface area contributed by atoms with Crippen molar-refractivity contribution in [3.63, 3.8) is 0 Å². The Morgan fingerprint density at radius 2 is 2.16 bits per heavy atom. The number of thiophene rings is 1. The van der Waals surface area contributed by atoms with Gasteiger partial charge in [0.2, 0.25) is 15.3 Å². The molecule has 0 atom stereocenters. The summed E-state index contributed by atoms with van der Waals surface area (Å²) in [5.74, 6) is 0.554. The Kier molecular flexibility index (Phi) is 4.24. The first-order valence-electron chi connectivity index (χ1n) is 5.45. The minimum absolute atomic E-state index is 0.00669. The van der Waals surface area contributed by atoms with Gasteiger partial charge in [-0.15, -0.1) is 11.3 Å². The highest BCUT2D eigenvalue weighted by molar-refractivity contribution is 7.89. The molecule has 9 heteroatoms. The highest BCUT2D eigenvalue weighted by Gasteiger charge is 2.14. The molecule has 19 heavy (non-hydrogen) atoms. The van der Waals surface area contributed by atoms with Gasteiger partial charge in [-0.1, -0.05) is 0 Å². The molecule has 2 rings (SSSR count). The Morgan fingerprint density at radius 1 is 1.42 bits per heavy atom. The van der Waals surface area contributed by atoms with Crippen molar-refractivity contribution in [1.82, 2.24) is 14.3 Å². The largest absolute Gasteiger partial charge is 0.368 e. The van der Waals surface area contributed by atoms with Crippen molar-refractivity contribution < 1.29 is 8.42 Å². The van der Waals surface area contributed by atoms with Gasteiger partial charge in [0.15, 0.2) is 0 Å². The van der Waals surface area contributed by atoms with Gasteiger partial charge in [0.1, 0.15) is 10.6 Å². The van der Waals surface area contributed by atoms with Gasteiger partial charge in [0.25, 0.3) is 0 Å². The summed E-state index contributed by atoms with van der Waals surface area (Å²) in [5.41, 5.74) is 0. The maximum atomic E-state index is 11.6. The van der Waals surface area contributed by atoms with Gasteiger partial charge in [-0.25, -0.2) is 22.7 Å². The van der Waals surface area contributed by atoms with Crippen LogP contribution in [0.4, 0.5) is 5.82 Å². The van der Waals surface area contributed by atoms with Crippen LogP contribution in [0.15, 0.2) is 11.4 Å². The molecule has 0 spiro atoms. The van der Waals surface area contributed by atoms with Crippen molar-refractivity contribution in [1.29, 1.82) is 0 Å². The summed E-state index contributed by atoms with van der Waals surface area (Å²) in [5, 5.41) is 5.87. The summed E-state index contributed by atoms with van der Waals surface area (Å²) in [6, 6.07) is 1.87. The molecule has 2 aromatic heterocycles. The smallest absolute Gasteiger partial charge is 0.225 e. The highest BCUT2D eigenvalue weighted by atomic mass is 35.5. The van der Waals surface area contributed by atoms with Crippen LogP contribution in [0.1, 0.15) is 0 Å². The number of sulfonamides is 1. The fraction of sp³-hybridized carbons (Fsp3) is 0.400. The third kappa shape index (κ3) is 3.33. The third-order valence-corrected chi connectivity index (χ3v) is 5.31. The molecule has 6 nitrogen and oxygen atoms in total. The van der Waals surface area contributed by atoms with Gasteiger partial charge in [-0.3, -0.25) is 0 Å². The first-order chi connectivity index (χ1) is 8.90. The van der Waals surface area contributed by atoms with E-state index in [-0.39, 0.29) is 17.6 Å². The van der Waals surface area contributed by atoms with E-state index in [1.807, 2.05) is 11.4 Å². The topological polar surface area (TPSA) is 75.2 Å². The molecule has 0 saturated heterocycles. The summed E-state index contributed by atoms with van der Waals surface area (Å²) in [7, 11) is -0.206. The molecule has 0 unspecified atom stereocenters. The van der Waals surface area contributed by atoms with E-state index < -0.39 is 10.0 Å². The van der Waals surface area contributed by atoms with Crippen molar-refractivity contribution in [2.75, 3.05) is 31.7 Å². The van der Waals surface area contributed by atoms with Gasteiger partial charge in [0, 0.05) is 20.6 Å². The molecule has 0 bridgehead atoms. The quantitative estimate of drug-likeness (QED) is 0.848. The predicted octanol–water partition coefficient (Wildman–Crippen LogP) is 1.65. The third-order valence-electron chi connectivity index (χ3n) is 2.51. The first-order valence-corrected chi connectivity index (χ1v) is 8.31. The van der Waals surface area contributed by atoms with Crippen LogP contribution in [-0.2, 0) is 10.0 Å². The number of aromatic nitrogens is 2. The Labute approximate surface area is 120 Å². The summed E-state index contributed by atoms with van der Waals surface area (Å²) in [6.07, 6.45) is 0. The molecular weight excluding hydrogens is 308 g/mol. The monoisotopic (exact) mass is 320 g/mol. The summed E-state index contributed by atoms with van der Waals surface area (Å²) < 4.78 is 24.5. The second-order valence-corrected chi connectivity index (χ2v) is 7.54. The van der Waals surface area contributed by atoms with E-state index in [2.05, 4.69) is 15.3 Å². The minimum Gasteiger partial charge on any atom is -0.368 e. The maximum Gasteiger partial charge on any atom is 0.225 e. The van der Waals surface area contributed by atoms with Gasteiger partial charge in [-0.2, -0.15) is 0 Å². The molecule has 2 heterocycles. The molecule has 0 saturated carbocycles.